The monoisotopic (exact) mass is 300 g/mol. The van der Waals surface area contributed by atoms with Crippen molar-refractivity contribution in [3.8, 4) is 11.8 Å². The Morgan fingerprint density at radius 2 is 2.10 bits per heavy atom. The molecular formula is C15H12N2O3S. The molecule has 21 heavy (non-hydrogen) atoms. The number of thioether (sulfide) groups is 1. The molecule has 0 aliphatic carbocycles. The highest BCUT2D eigenvalue weighted by molar-refractivity contribution is 7.99. The van der Waals surface area contributed by atoms with E-state index in [4.69, 9.17) is 15.1 Å². The lowest BCUT2D eigenvalue weighted by atomic mass is 10.2. The first kappa shape index (κ1) is 14.9. The van der Waals surface area contributed by atoms with Crippen molar-refractivity contribution in [2.24, 2.45) is 0 Å². The van der Waals surface area contributed by atoms with E-state index in [-0.39, 0.29) is 5.69 Å². The Labute approximate surface area is 126 Å². The van der Waals surface area contributed by atoms with Gasteiger partial charge in [-0.25, -0.2) is 9.78 Å². The lowest BCUT2D eigenvalue weighted by Gasteiger charge is -2.06. The molecule has 1 heterocycles. The Morgan fingerprint density at radius 3 is 2.76 bits per heavy atom. The molecule has 1 aromatic carbocycles. The SMILES string of the molecule is N#Cc1ccc(OCCSc2ccnc(C(=O)O)c2)cc1. The average molecular weight is 300 g/mol. The highest BCUT2D eigenvalue weighted by atomic mass is 32.2. The van der Waals surface area contributed by atoms with Crippen molar-refractivity contribution in [3.63, 3.8) is 0 Å². The zero-order valence-corrected chi connectivity index (χ0v) is 11.8. The summed E-state index contributed by atoms with van der Waals surface area (Å²) < 4.78 is 5.54. The first-order valence-corrected chi connectivity index (χ1v) is 7.13. The van der Waals surface area contributed by atoms with Gasteiger partial charge in [-0.1, -0.05) is 0 Å². The van der Waals surface area contributed by atoms with Gasteiger partial charge in [-0.3, -0.25) is 0 Å². The molecule has 5 nitrogen and oxygen atoms in total. The second-order valence-corrected chi connectivity index (χ2v) is 5.18. The van der Waals surface area contributed by atoms with Gasteiger partial charge in [0.2, 0.25) is 0 Å². The Kier molecular flexibility index (Phi) is 5.18. The van der Waals surface area contributed by atoms with Crippen LogP contribution < -0.4 is 4.74 Å². The fraction of sp³-hybridized carbons (Fsp3) is 0.133. The average Bonchev–Trinajstić information content (AvgIpc) is 2.52. The van der Waals surface area contributed by atoms with Gasteiger partial charge in [0.1, 0.15) is 11.4 Å². The van der Waals surface area contributed by atoms with Gasteiger partial charge in [0.15, 0.2) is 0 Å². The Morgan fingerprint density at radius 1 is 1.33 bits per heavy atom. The zero-order chi connectivity index (χ0) is 15.1. The van der Waals surface area contributed by atoms with Gasteiger partial charge in [0.25, 0.3) is 0 Å². The third-order valence-electron chi connectivity index (χ3n) is 2.55. The van der Waals surface area contributed by atoms with E-state index < -0.39 is 5.97 Å². The molecule has 0 atom stereocenters. The Hall–Kier alpha value is -2.52. The molecule has 0 bridgehead atoms. The fourth-order valence-electron chi connectivity index (χ4n) is 1.56. The maximum atomic E-state index is 10.8. The number of nitriles is 1. The maximum absolute atomic E-state index is 10.8. The van der Waals surface area contributed by atoms with Crippen molar-refractivity contribution < 1.29 is 14.6 Å². The van der Waals surface area contributed by atoms with Gasteiger partial charge >= 0.3 is 5.97 Å². The minimum Gasteiger partial charge on any atom is -0.493 e. The molecular weight excluding hydrogens is 288 g/mol. The van der Waals surface area contributed by atoms with Crippen molar-refractivity contribution in [1.29, 1.82) is 5.26 Å². The lowest BCUT2D eigenvalue weighted by molar-refractivity contribution is 0.0690. The second kappa shape index (κ2) is 7.31. The molecule has 0 unspecified atom stereocenters. The summed E-state index contributed by atoms with van der Waals surface area (Å²) in [5, 5.41) is 17.5. The number of carbonyl (C=O) groups is 1. The Bertz CT molecular complexity index is 665. The van der Waals surface area contributed by atoms with Crippen LogP contribution in [0, 0.1) is 11.3 Å². The van der Waals surface area contributed by atoms with Gasteiger partial charge in [-0.05, 0) is 36.4 Å². The molecule has 0 spiro atoms. The van der Waals surface area contributed by atoms with Gasteiger partial charge in [-0.2, -0.15) is 5.26 Å². The van der Waals surface area contributed by atoms with Gasteiger partial charge in [0.05, 0.1) is 18.2 Å². The molecule has 1 aromatic heterocycles. The van der Waals surface area contributed by atoms with Crippen molar-refractivity contribution >= 4 is 17.7 Å². The number of benzene rings is 1. The number of ether oxygens (including phenoxy) is 1. The molecule has 0 saturated heterocycles. The number of carboxylic acid groups (broad SMARTS) is 1. The first-order valence-electron chi connectivity index (χ1n) is 6.14. The molecule has 0 aliphatic heterocycles. The number of nitrogens with zero attached hydrogens (tertiary/aromatic N) is 2. The molecule has 0 radical (unpaired) electrons. The first-order chi connectivity index (χ1) is 10.2. The fourth-order valence-corrected chi connectivity index (χ4v) is 2.32. The van der Waals surface area contributed by atoms with Crippen molar-refractivity contribution in [2.45, 2.75) is 4.90 Å². The minimum absolute atomic E-state index is 0.0352. The summed E-state index contributed by atoms with van der Waals surface area (Å²) in [7, 11) is 0. The summed E-state index contributed by atoms with van der Waals surface area (Å²) in [6.45, 7) is 0.487. The van der Waals surface area contributed by atoms with Crippen LogP contribution in [0.25, 0.3) is 0 Å². The molecule has 1 N–H and O–H groups in total. The van der Waals surface area contributed by atoms with Crippen LogP contribution in [0.15, 0.2) is 47.5 Å². The molecule has 2 rings (SSSR count). The summed E-state index contributed by atoms with van der Waals surface area (Å²) in [5.41, 5.74) is 0.628. The molecule has 0 fully saturated rings. The molecule has 2 aromatic rings. The van der Waals surface area contributed by atoms with Gasteiger partial charge in [-0.15, -0.1) is 11.8 Å². The van der Waals surface area contributed by atoms with E-state index in [9.17, 15) is 4.79 Å². The highest BCUT2D eigenvalue weighted by Crippen LogP contribution is 2.18. The number of aromatic nitrogens is 1. The van der Waals surface area contributed by atoms with Crippen LogP contribution in [0.3, 0.4) is 0 Å². The van der Waals surface area contributed by atoms with E-state index in [2.05, 4.69) is 4.98 Å². The number of pyridine rings is 1. The van der Waals surface area contributed by atoms with Crippen LogP contribution in [0.1, 0.15) is 16.1 Å². The summed E-state index contributed by atoms with van der Waals surface area (Å²) in [6, 6.07) is 12.2. The number of hydrogen-bond donors (Lipinski definition) is 1. The number of hydrogen-bond acceptors (Lipinski definition) is 5. The number of carboxylic acids is 1. The predicted molar refractivity (Wildman–Crippen MR) is 78.6 cm³/mol. The lowest BCUT2D eigenvalue weighted by Crippen LogP contribution is -2.01. The number of aromatic carboxylic acids is 1. The van der Waals surface area contributed by atoms with E-state index in [1.54, 1.807) is 30.3 Å². The summed E-state index contributed by atoms with van der Waals surface area (Å²) >= 11 is 1.50. The van der Waals surface area contributed by atoms with Gasteiger partial charge in [0, 0.05) is 16.8 Å². The van der Waals surface area contributed by atoms with Crippen LogP contribution >= 0.6 is 11.8 Å². The zero-order valence-electron chi connectivity index (χ0n) is 11.0. The van der Waals surface area contributed by atoms with E-state index in [0.29, 0.717) is 23.7 Å². The van der Waals surface area contributed by atoms with E-state index >= 15 is 0 Å². The largest absolute Gasteiger partial charge is 0.493 e. The minimum atomic E-state index is -1.04. The molecule has 0 amide bonds. The third-order valence-corrected chi connectivity index (χ3v) is 3.51. The quantitative estimate of drug-likeness (QED) is 0.652. The van der Waals surface area contributed by atoms with Crippen molar-refractivity contribution in [3.05, 3.63) is 53.9 Å². The topological polar surface area (TPSA) is 83.2 Å². The second-order valence-electron chi connectivity index (χ2n) is 4.02. The van der Waals surface area contributed by atoms with Crippen LogP contribution in [-0.2, 0) is 0 Å². The van der Waals surface area contributed by atoms with Crippen LogP contribution in [-0.4, -0.2) is 28.4 Å². The summed E-state index contributed by atoms with van der Waals surface area (Å²) in [6.07, 6.45) is 1.48. The van der Waals surface area contributed by atoms with Crippen LogP contribution in [0.5, 0.6) is 5.75 Å². The molecule has 6 heteroatoms. The number of rotatable bonds is 6. The van der Waals surface area contributed by atoms with Crippen LogP contribution in [0.4, 0.5) is 0 Å². The third kappa shape index (κ3) is 4.51. The standard InChI is InChI=1S/C15H12N2O3S/c16-10-11-1-3-12(4-2-11)20-7-8-21-13-5-6-17-14(9-13)15(18)19/h1-6,9H,7-8H2,(H,18,19). The van der Waals surface area contributed by atoms with Crippen LogP contribution in [0.2, 0.25) is 0 Å². The van der Waals surface area contributed by atoms with Crippen molar-refractivity contribution in [2.75, 3.05) is 12.4 Å². The summed E-state index contributed by atoms with van der Waals surface area (Å²) in [4.78, 5) is 15.4. The normalized spacial score (nSPS) is 9.86. The van der Waals surface area contributed by atoms with Crippen molar-refractivity contribution in [1.82, 2.24) is 4.98 Å². The van der Waals surface area contributed by atoms with E-state index in [1.165, 1.54) is 24.0 Å². The van der Waals surface area contributed by atoms with Gasteiger partial charge < -0.3 is 9.84 Å². The maximum Gasteiger partial charge on any atom is 0.354 e. The molecule has 0 saturated carbocycles. The van der Waals surface area contributed by atoms with E-state index in [1.807, 2.05) is 6.07 Å². The predicted octanol–water partition coefficient (Wildman–Crippen LogP) is 2.82. The Balaban J connectivity index is 1.80. The van der Waals surface area contributed by atoms with E-state index in [0.717, 1.165) is 4.90 Å². The highest BCUT2D eigenvalue weighted by Gasteiger charge is 2.05. The summed E-state index contributed by atoms with van der Waals surface area (Å²) in [5.74, 6) is 0.352. The smallest absolute Gasteiger partial charge is 0.354 e. The molecule has 0 aliphatic rings. The molecule has 106 valence electrons.